The van der Waals surface area contributed by atoms with Crippen molar-refractivity contribution in [2.75, 3.05) is 13.2 Å². The van der Waals surface area contributed by atoms with E-state index >= 15 is 0 Å². The first-order valence-corrected chi connectivity index (χ1v) is 21.5. The summed E-state index contributed by atoms with van der Waals surface area (Å²) in [6.45, 7) is 23.4. The van der Waals surface area contributed by atoms with Gasteiger partial charge in [0.2, 0.25) is 0 Å². The van der Waals surface area contributed by atoms with E-state index in [9.17, 15) is 0 Å². The van der Waals surface area contributed by atoms with Crippen molar-refractivity contribution >= 4 is 40.1 Å². The van der Waals surface area contributed by atoms with Gasteiger partial charge in [-0.3, -0.25) is 0 Å². The van der Waals surface area contributed by atoms with Crippen LogP contribution >= 0.6 is 11.3 Å². The molecule has 0 amide bonds. The van der Waals surface area contributed by atoms with Gasteiger partial charge in [0.05, 0.1) is 21.3 Å². The van der Waals surface area contributed by atoms with Gasteiger partial charge >= 0.3 is 0 Å². The van der Waals surface area contributed by atoms with Crippen LogP contribution in [-0.4, -0.2) is 37.4 Å². The highest BCUT2D eigenvalue weighted by atomic mass is 32.1. The Labute approximate surface area is 163 Å². The molecule has 1 aromatic heterocycles. The van der Waals surface area contributed by atoms with Gasteiger partial charge in [-0.05, 0) is 12.8 Å². The van der Waals surface area contributed by atoms with Crippen LogP contribution in [0.2, 0.25) is 71.0 Å². The first-order chi connectivity index (χ1) is 11.3. The highest BCUT2D eigenvalue weighted by Crippen LogP contribution is 2.33. The molecule has 0 saturated carbocycles. The van der Waals surface area contributed by atoms with Crippen LogP contribution in [0.5, 0.6) is 11.5 Å². The van der Waals surface area contributed by atoms with Gasteiger partial charge in [0.25, 0.3) is 0 Å². The SMILES string of the molecule is C[Si](C)(C)CCCOc1csc([Si](C)(C)C)c1OCCC[Si](C)(C)C. The average molecular weight is 417 g/mol. The van der Waals surface area contributed by atoms with Crippen LogP contribution in [0.25, 0.3) is 0 Å². The lowest BCUT2D eigenvalue weighted by Gasteiger charge is -2.20. The maximum Gasteiger partial charge on any atom is 0.171 e. The van der Waals surface area contributed by atoms with Crippen LogP contribution in [0.1, 0.15) is 12.8 Å². The third-order valence-corrected chi connectivity index (χ3v) is 12.3. The maximum absolute atomic E-state index is 6.28. The predicted octanol–water partition coefficient (Wildman–Crippen LogP) is 6.51. The van der Waals surface area contributed by atoms with Gasteiger partial charge in [0.15, 0.2) is 11.5 Å². The van der Waals surface area contributed by atoms with E-state index in [4.69, 9.17) is 9.47 Å². The molecule has 1 rings (SSSR count). The van der Waals surface area contributed by atoms with Crippen molar-refractivity contribution in [1.29, 1.82) is 0 Å². The van der Waals surface area contributed by atoms with Gasteiger partial charge in [-0.2, -0.15) is 0 Å². The predicted molar refractivity (Wildman–Crippen MR) is 124 cm³/mol. The zero-order valence-corrected chi connectivity index (χ0v) is 21.9. The molecule has 2 nitrogen and oxygen atoms in total. The number of hydrogen-bond acceptors (Lipinski definition) is 3. The first-order valence-electron chi connectivity index (χ1n) is 9.67. The third kappa shape index (κ3) is 9.45. The molecule has 0 unspecified atom stereocenters. The molecule has 6 heteroatoms. The van der Waals surface area contributed by atoms with E-state index < -0.39 is 24.2 Å². The molecule has 146 valence electrons. The van der Waals surface area contributed by atoms with E-state index in [1.807, 2.05) is 11.3 Å². The number of thiophene rings is 1. The van der Waals surface area contributed by atoms with Crippen molar-refractivity contribution in [3.8, 4) is 11.5 Å². The van der Waals surface area contributed by atoms with E-state index in [0.717, 1.165) is 37.6 Å². The van der Waals surface area contributed by atoms with Crippen LogP contribution in [-0.2, 0) is 0 Å². The molecule has 0 atom stereocenters. The molecule has 0 N–H and O–H groups in total. The van der Waals surface area contributed by atoms with Crippen molar-refractivity contribution in [2.24, 2.45) is 0 Å². The van der Waals surface area contributed by atoms with Crippen molar-refractivity contribution in [2.45, 2.75) is 83.9 Å². The van der Waals surface area contributed by atoms with Crippen LogP contribution in [0.15, 0.2) is 5.38 Å². The molecule has 0 aromatic carbocycles. The monoisotopic (exact) mass is 416 g/mol. The summed E-state index contributed by atoms with van der Waals surface area (Å²) in [5.74, 6) is 2.05. The second-order valence-electron chi connectivity index (χ2n) is 10.5. The Balaban J connectivity index is 2.69. The Kier molecular flexibility index (Phi) is 8.50. The van der Waals surface area contributed by atoms with Gasteiger partial charge in [0, 0.05) is 26.0 Å². The average Bonchev–Trinajstić information content (AvgIpc) is 2.80. The second-order valence-corrected chi connectivity index (χ2v) is 28.0. The summed E-state index contributed by atoms with van der Waals surface area (Å²) in [6, 6.07) is 2.65. The number of hydrogen-bond donors (Lipinski definition) is 0. The zero-order chi connectivity index (χ0) is 19.3. The van der Waals surface area contributed by atoms with Gasteiger partial charge in [0.1, 0.15) is 0 Å². The molecular formula is C19H40O2SSi3. The van der Waals surface area contributed by atoms with Crippen LogP contribution in [0.3, 0.4) is 0 Å². The summed E-state index contributed by atoms with van der Waals surface area (Å²) >= 11 is 1.84. The van der Waals surface area contributed by atoms with Gasteiger partial charge in [-0.1, -0.05) is 71.0 Å². The van der Waals surface area contributed by atoms with Gasteiger partial charge in [-0.15, -0.1) is 11.3 Å². The minimum absolute atomic E-state index is 0.817. The molecule has 25 heavy (non-hydrogen) atoms. The lowest BCUT2D eigenvalue weighted by Crippen LogP contribution is -2.36. The Morgan fingerprint density at radius 3 is 1.68 bits per heavy atom. The number of rotatable bonds is 11. The Hall–Kier alpha value is -0.0494. The lowest BCUT2D eigenvalue weighted by molar-refractivity contribution is 0.271. The summed E-state index contributed by atoms with van der Waals surface area (Å²) < 4.78 is 13.9. The molecule has 0 aliphatic heterocycles. The Bertz CT molecular complexity index is 522. The smallest absolute Gasteiger partial charge is 0.171 e. The van der Waals surface area contributed by atoms with E-state index in [2.05, 4.69) is 64.3 Å². The van der Waals surface area contributed by atoms with Crippen LogP contribution in [0, 0.1) is 0 Å². The molecule has 0 radical (unpaired) electrons. The minimum atomic E-state index is -1.40. The van der Waals surface area contributed by atoms with Gasteiger partial charge < -0.3 is 9.47 Å². The standard InChI is InChI=1S/C19H40O2SSi3/c1-23(2,3)14-10-12-20-17-16-22-19(25(7,8)9)18(17)21-13-11-15-24(4,5)6/h16H,10-15H2,1-9H3. The topological polar surface area (TPSA) is 18.5 Å². The van der Waals surface area contributed by atoms with Gasteiger partial charge in [-0.25, -0.2) is 0 Å². The molecule has 1 aromatic rings. The highest BCUT2D eigenvalue weighted by molar-refractivity contribution is 7.26. The largest absolute Gasteiger partial charge is 0.489 e. The van der Waals surface area contributed by atoms with Crippen LogP contribution in [0.4, 0.5) is 0 Å². The molecule has 1 heterocycles. The summed E-state index contributed by atoms with van der Waals surface area (Å²) in [6.07, 6.45) is 2.31. The second kappa shape index (κ2) is 9.24. The molecule has 0 aliphatic rings. The third-order valence-electron chi connectivity index (χ3n) is 4.04. The normalized spacial score (nSPS) is 13.2. The van der Waals surface area contributed by atoms with Crippen molar-refractivity contribution in [3.05, 3.63) is 5.38 Å². The zero-order valence-electron chi connectivity index (χ0n) is 18.0. The van der Waals surface area contributed by atoms with E-state index in [-0.39, 0.29) is 0 Å². The highest BCUT2D eigenvalue weighted by Gasteiger charge is 2.27. The fourth-order valence-electron chi connectivity index (χ4n) is 2.65. The quantitative estimate of drug-likeness (QED) is 0.302. The van der Waals surface area contributed by atoms with Crippen molar-refractivity contribution < 1.29 is 9.47 Å². The Morgan fingerprint density at radius 1 is 0.760 bits per heavy atom. The number of ether oxygens (including phenoxy) is 2. The minimum Gasteiger partial charge on any atom is -0.489 e. The molecule has 0 spiro atoms. The molecule has 0 bridgehead atoms. The fourth-order valence-corrected chi connectivity index (χ4v) is 8.19. The fraction of sp³-hybridized carbons (Fsp3) is 0.789. The molecular weight excluding hydrogens is 377 g/mol. The van der Waals surface area contributed by atoms with Crippen molar-refractivity contribution in [1.82, 2.24) is 0 Å². The molecule has 0 aliphatic carbocycles. The summed E-state index contributed by atoms with van der Waals surface area (Å²) in [4.78, 5) is 0. The van der Waals surface area contributed by atoms with E-state index in [1.165, 1.54) is 16.6 Å². The first kappa shape index (κ1) is 23.0. The Morgan fingerprint density at radius 2 is 1.24 bits per heavy atom. The van der Waals surface area contributed by atoms with Crippen LogP contribution < -0.4 is 14.0 Å². The van der Waals surface area contributed by atoms with E-state index in [0.29, 0.717) is 0 Å². The summed E-state index contributed by atoms with van der Waals surface area (Å²) in [7, 11) is -3.36. The maximum atomic E-state index is 6.28. The van der Waals surface area contributed by atoms with Crippen molar-refractivity contribution in [3.63, 3.8) is 0 Å². The summed E-state index contributed by atoms with van der Waals surface area (Å²) in [5.41, 5.74) is 0. The van der Waals surface area contributed by atoms with E-state index in [1.54, 1.807) is 0 Å². The molecule has 0 fully saturated rings. The molecule has 0 saturated heterocycles. The lowest BCUT2D eigenvalue weighted by atomic mass is 10.5. The summed E-state index contributed by atoms with van der Waals surface area (Å²) in [5, 5.41) is 2.18.